The average Bonchev–Trinajstić information content (AvgIpc) is 2.52. The molecule has 0 N–H and O–H groups in total. The molecule has 0 bridgehead atoms. The van der Waals surface area contributed by atoms with Crippen molar-refractivity contribution in [3.05, 3.63) is 42.0 Å². The van der Waals surface area contributed by atoms with Crippen molar-refractivity contribution in [1.29, 1.82) is 5.26 Å². The zero-order valence-electron chi connectivity index (χ0n) is 12.3. The van der Waals surface area contributed by atoms with Crippen LogP contribution in [-0.2, 0) is 9.59 Å². The van der Waals surface area contributed by atoms with E-state index in [0.717, 1.165) is 5.57 Å². The Labute approximate surface area is 127 Å². The van der Waals surface area contributed by atoms with Crippen LogP contribution >= 0.6 is 0 Å². The minimum absolute atomic E-state index is 0.0478. The molecular weight excluding hydrogens is 280 g/mol. The molecule has 1 aromatic rings. The number of amides is 1. The van der Waals surface area contributed by atoms with E-state index in [9.17, 15) is 9.59 Å². The number of fused-ring (bicyclic) bond motifs is 1. The van der Waals surface area contributed by atoms with E-state index < -0.39 is 11.3 Å². The van der Waals surface area contributed by atoms with Crippen molar-refractivity contribution < 1.29 is 9.59 Å². The molecule has 22 heavy (non-hydrogen) atoms. The van der Waals surface area contributed by atoms with Crippen LogP contribution in [0.25, 0.3) is 0 Å². The van der Waals surface area contributed by atoms with E-state index in [1.165, 1.54) is 12.4 Å². The summed E-state index contributed by atoms with van der Waals surface area (Å²) >= 11 is 0. The van der Waals surface area contributed by atoms with Crippen LogP contribution in [0.2, 0.25) is 0 Å². The van der Waals surface area contributed by atoms with Gasteiger partial charge in [0.15, 0.2) is 5.78 Å². The van der Waals surface area contributed by atoms with Crippen molar-refractivity contribution in [3.63, 3.8) is 0 Å². The van der Waals surface area contributed by atoms with Gasteiger partial charge in [0.05, 0.1) is 35.0 Å². The van der Waals surface area contributed by atoms with Gasteiger partial charge in [-0.1, -0.05) is 6.08 Å². The number of allylic oxidation sites excluding steroid dienone is 1. The summed E-state index contributed by atoms with van der Waals surface area (Å²) in [7, 11) is 0. The molecule has 1 aromatic heterocycles. The second-order valence-electron chi connectivity index (χ2n) is 5.83. The maximum atomic E-state index is 12.8. The third kappa shape index (κ3) is 1.94. The molecular formula is C16H14N4O2. The molecule has 0 spiro atoms. The Morgan fingerprint density at radius 1 is 1.32 bits per heavy atom. The summed E-state index contributed by atoms with van der Waals surface area (Å²) in [6, 6.07) is 1.91. The molecule has 2 heterocycles. The van der Waals surface area contributed by atoms with Crippen LogP contribution in [0.15, 0.2) is 42.0 Å². The van der Waals surface area contributed by atoms with Crippen molar-refractivity contribution in [2.45, 2.75) is 13.8 Å². The van der Waals surface area contributed by atoms with E-state index in [2.05, 4.69) is 9.97 Å². The third-order valence-corrected chi connectivity index (χ3v) is 4.21. The van der Waals surface area contributed by atoms with Crippen LogP contribution in [0, 0.1) is 22.7 Å². The topological polar surface area (TPSA) is 87.0 Å². The quantitative estimate of drug-likeness (QED) is 0.731. The van der Waals surface area contributed by atoms with Crippen molar-refractivity contribution in [2.24, 2.45) is 11.3 Å². The lowest BCUT2D eigenvalue weighted by Crippen LogP contribution is -2.47. The molecule has 1 atom stereocenters. The minimum atomic E-state index is -0.834. The number of nitrogens with zero attached hydrogens (tertiary/aromatic N) is 4. The molecule has 1 aliphatic carbocycles. The molecule has 0 radical (unpaired) electrons. The zero-order valence-corrected chi connectivity index (χ0v) is 12.3. The largest absolute Gasteiger partial charge is 0.305 e. The summed E-state index contributed by atoms with van der Waals surface area (Å²) in [5.74, 6) is -0.987. The predicted octanol–water partition coefficient (Wildman–Crippen LogP) is 1.42. The Kier molecular flexibility index (Phi) is 3.14. The fourth-order valence-corrected chi connectivity index (χ4v) is 2.97. The smallest absolute Gasteiger partial charge is 0.238 e. The Balaban J connectivity index is 2.07. The van der Waals surface area contributed by atoms with E-state index in [4.69, 9.17) is 5.26 Å². The molecule has 6 heteroatoms. The first-order chi connectivity index (χ1) is 10.5. The molecule has 1 amide bonds. The number of anilines is 1. The second kappa shape index (κ2) is 4.88. The van der Waals surface area contributed by atoms with Crippen LogP contribution in [0.5, 0.6) is 0 Å². The molecule has 1 aliphatic heterocycles. The second-order valence-corrected chi connectivity index (χ2v) is 5.83. The summed E-state index contributed by atoms with van der Waals surface area (Å²) in [4.78, 5) is 34.5. The van der Waals surface area contributed by atoms with Gasteiger partial charge in [0.2, 0.25) is 5.91 Å². The van der Waals surface area contributed by atoms with Gasteiger partial charge in [-0.05, 0) is 25.5 Å². The highest BCUT2D eigenvalue weighted by atomic mass is 16.2. The fourth-order valence-electron chi connectivity index (χ4n) is 2.97. The zero-order chi connectivity index (χ0) is 15.9. The van der Waals surface area contributed by atoms with Crippen LogP contribution in [0.1, 0.15) is 13.8 Å². The third-order valence-electron chi connectivity index (χ3n) is 4.21. The highest BCUT2D eigenvalue weighted by molar-refractivity contribution is 6.10. The monoisotopic (exact) mass is 294 g/mol. The summed E-state index contributed by atoms with van der Waals surface area (Å²) in [5.41, 5.74) is 0.574. The highest BCUT2D eigenvalue weighted by Gasteiger charge is 2.46. The maximum Gasteiger partial charge on any atom is 0.238 e. The van der Waals surface area contributed by atoms with Crippen molar-refractivity contribution in [2.75, 3.05) is 11.4 Å². The molecule has 2 aliphatic rings. The lowest BCUT2D eigenvalue weighted by atomic mass is 9.66. The van der Waals surface area contributed by atoms with Gasteiger partial charge in [-0.15, -0.1) is 0 Å². The van der Waals surface area contributed by atoms with Gasteiger partial charge in [-0.2, -0.15) is 5.26 Å². The molecule has 0 saturated carbocycles. The van der Waals surface area contributed by atoms with Crippen LogP contribution in [0.3, 0.4) is 0 Å². The molecule has 0 saturated heterocycles. The SMILES string of the molecule is CC1(C)C(=O)C(C#N)=CC2C(=O)N(c3cncnc3)CC=C21. The number of carbonyl (C=O) groups excluding carboxylic acids is 2. The van der Waals surface area contributed by atoms with E-state index in [0.29, 0.717) is 12.2 Å². The van der Waals surface area contributed by atoms with Gasteiger partial charge >= 0.3 is 0 Å². The number of hydrogen-bond acceptors (Lipinski definition) is 5. The molecule has 110 valence electrons. The van der Waals surface area contributed by atoms with E-state index >= 15 is 0 Å². The van der Waals surface area contributed by atoms with E-state index in [1.54, 1.807) is 31.1 Å². The summed E-state index contributed by atoms with van der Waals surface area (Å²) in [6.45, 7) is 3.88. The van der Waals surface area contributed by atoms with E-state index in [1.807, 2.05) is 12.1 Å². The van der Waals surface area contributed by atoms with Gasteiger partial charge in [0, 0.05) is 6.54 Å². The molecule has 1 unspecified atom stereocenters. The first kappa shape index (κ1) is 14.1. The number of ketones is 1. The Morgan fingerprint density at radius 3 is 2.64 bits per heavy atom. The minimum Gasteiger partial charge on any atom is -0.305 e. The average molecular weight is 294 g/mol. The highest BCUT2D eigenvalue weighted by Crippen LogP contribution is 2.43. The Morgan fingerprint density at radius 2 is 2.00 bits per heavy atom. The van der Waals surface area contributed by atoms with Crippen molar-refractivity contribution in [1.82, 2.24) is 9.97 Å². The lowest BCUT2D eigenvalue weighted by Gasteiger charge is -2.39. The standard InChI is InChI=1S/C16H14N4O2/c1-16(2)13-3-4-20(11-7-18-9-19-8-11)15(22)12(13)5-10(6-17)14(16)21/h3,5,7-9,12H,4H2,1-2H3. The molecule has 6 nitrogen and oxygen atoms in total. The molecule has 3 rings (SSSR count). The number of carbonyl (C=O) groups is 2. The first-order valence-corrected chi connectivity index (χ1v) is 6.90. The van der Waals surface area contributed by atoms with Crippen molar-refractivity contribution >= 4 is 17.4 Å². The van der Waals surface area contributed by atoms with Gasteiger partial charge in [-0.25, -0.2) is 9.97 Å². The van der Waals surface area contributed by atoms with Gasteiger partial charge < -0.3 is 4.90 Å². The maximum absolute atomic E-state index is 12.8. The van der Waals surface area contributed by atoms with Crippen LogP contribution < -0.4 is 4.90 Å². The van der Waals surface area contributed by atoms with Gasteiger partial charge in [-0.3, -0.25) is 9.59 Å². The number of Topliss-reactive ketones (excluding diaryl/α,β-unsaturated/α-hetero) is 1. The first-order valence-electron chi connectivity index (χ1n) is 6.90. The van der Waals surface area contributed by atoms with Gasteiger partial charge in [0.25, 0.3) is 0 Å². The predicted molar refractivity (Wildman–Crippen MR) is 78.4 cm³/mol. The summed E-state index contributed by atoms with van der Waals surface area (Å²) in [5, 5.41) is 9.15. The van der Waals surface area contributed by atoms with Crippen LogP contribution in [0.4, 0.5) is 5.69 Å². The Bertz CT molecular complexity index is 756. The lowest BCUT2D eigenvalue weighted by molar-refractivity contribution is -0.124. The number of nitriles is 1. The fraction of sp³-hybridized carbons (Fsp3) is 0.312. The van der Waals surface area contributed by atoms with E-state index in [-0.39, 0.29) is 17.3 Å². The normalized spacial score (nSPS) is 23.3. The summed E-state index contributed by atoms with van der Waals surface area (Å²) < 4.78 is 0. The van der Waals surface area contributed by atoms with Crippen molar-refractivity contribution in [3.8, 4) is 6.07 Å². The number of rotatable bonds is 1. The Hall–Kier alpha value is -2.81. The number of hydrogen-bond donors (Lipinski definition) is 0. The van der Waals surface area contributed by atoms with Gasteiger partial charge in [0.1, 0.15) is 12.4 Å². The van der Waals surface area contributed by atoms with Crippen LogP contribution in [-0.4, -0.2) is 28.2 Å². The number of aromatic nitrogens is 2. The summed E-state index contributed by atoms with van der Waals surface area (Å²) in [6.07, 6.45) is 7.89. The molecule has 0 aromatic carbocycles. The molecule has 0 fully saturated rings.